The van der Waals surface area contributed by atoms with Gasteiger partial charge in [-0.1, -0.05) is 49.1 Å². The lowest BCUT2D eigenvalue weighted by Crippen LogP contribution is -2.30. The van der Waals surface area contributed by atoms with Crippen molar-refractivity contribution in [2.45, 2.75) is 23.3 Å². The topological polar surface area (TPSA) is 80.8 Å². The van der Waals surface area contributed by atoms with Gasteiger partial charge in [0.05, 0.1) is 39.8 Å². The van der Waals surface area contributed by atoms with Gasteiger partial charge in [-0.15, -0.1) is 0 Å². The van der Waals surface area contributed by atoms with Crippen molar-refractivity contribution >= 4 is 33.5 Å². The van der Waals surface area contributed by atoms with Crippen molar-refractivity contribution in [3.8, 4) is 0 Å². The van der Waals surface area contributed by atoms with Gasteiger partial charge < -0.3 is 9.64 Å². The second kappa shape index (κ2) is 8.43. The molecule has 3 aromatic carbocycles. The fraction of sp³-hybridized carbons (Fsp3) is 0.120. The number of carbonyl (C=O) groups excluding carboxylic acids is 2. The van der Waals surface area contributed by atoms with E-state index in [-0.39, 0.29) is 39.8 Å². The molecule has 3 aromatic rings. The van der Waals surface area contributed by atoms with Crippen LogP contribution >= 0.6 is 0 Å². The Balaban J connectivity index is 1.92. The number of anilines is 1. The van der Waals surface area contributed by atoms with E-state index in [4.69, 9.17) is 4.74 Å². The number of ether oxygens (including phenoxy) is 1. The van der Waals surface area contributed by atoms with Crippen molar-refractivity contribution < 1.29 is 22.7 Å². The number of hydrogen-bond acceptors (Lipinski definition) is 5. The van der Waals surface area contributed by atoms with Gasteiger partial charge >= 0.3 is 5.97 Å². The van der Waals surface area contributed by atoms with Crippen LogP contribution < -0.4 is 4.90 Å². The standard InChI is InChI=1S/C25H21NO5S/c1-3-17-9-11-18(12-10-17)16-26-21-15-19(25(28)31-4-2)13-14-23(21)32(29,30)22-8-6-5-7-20(22)24(26)27/h3,5-15H,1,4,16H2,2H3. The van der Waals surface area contributed by atoms with E-state index in [1.807, 2.05) is 24.3 Å². The molecular weight excluding hydrogens is 426 g/mol. The minimum atomic E-state index is -3.99. The molecule has 0 bridgehead atoms. The smallest absolute Gasteiger partial charge is 0.338 e. The number of fused-ring (bicyclic) bond motifs is 2. The van der Waals surface area contributed by atoms with Gasteiger partial charge in [-0.3, -0.25) is 4.79 Å². The molecule has 6 nitrogen and oxygen atoms in total. The molecule has 0 spiro atoms. The number of esters is 1. The average Bonchev–Trinajstić information content (AvgIpc) is 2.88. The molecule has 1 heterocycles. The lowest BCUT2D eigenvalue weighted by Gasteiger charge is -2.23. The Morgan fingerprint density at radius 2 is 1.75 bits per heavy atom. The van der Waals surface area contributed by atoms with Crippen molar-refractivity contribution in [1.29, 1.82) is 0 Å². The number of sulfone groups is 1. The van der Waals surface area contributed by atoms with Crippen LogP contribution in [-0.4, -0.2) is 26.9 Å². The molecule has 0 atom stereocenters. The zero-order chi connectivity index (χ0) is 22.9. The molecule has 0 saturated carbocycles. The Morgan fingerprint density at radius 1 is 1.03 bits per heavy atom. The Bertz CT molecular complexity index is 1330. The fourth-order valence-electron chi connectivity index (χ4n) is 3.65. The van der Waals surface area contributed by atoms with E-state index in [0.29, 0.717) is 0 Å². The summed E-state index contributed by atoms with van der Waals surface area (Å²) in [6.07, 6.45) is 1.71. The first-order chi connectivity index (χ1) is 15.4. The fourth-order valence-corrected chi connectivity index (χ4v) is 5.28. The molecule has 1 aliphatic heterocycles. The van der Waals surface area contributed by atoms with Gasteiger partial charge in [0.1, 0.15) is 0 Å². The highest BCUT2D eigenvalue weighted by Crippen LogP contribution is 2.38. The SMILES string of the molecule is C=Cc1ccc(CN2C(=O)c3ccccc3S(=O)(=O)c3ccc(C(=O)OCC)cc32)cc1. The molecule has 1 amide bonds. The maximum atomic E-state index is 13.6. The molecule has 1 aliphatic rings. The second-order valence-corrected chi connectivity index (χ2v) is 9.13. The molecule has 0 saturated heterocycles. The Kier molecular flexibility index (Phi) is 5.67. The number of nitrogens with zero attached hydrogens (tertiary/aromatic N) is 1. The number of benzene rings is 3. The van der Waals surface area contributed by atoms with Crippen LogP contribution in [0.3, 0.4) is 0 Å². The number of amides is 1. The number of carbonyl (C=O) groups is 2. The van der Waals surface area contributed by atoms with Crippen molar-refractivity contribution in [3.05, 3.63) is 95.6 Å². The predicted molar refractivity (Wildman–Crippen MR) is 121 cm³/mol. The van der Waals surface area contributed by atoms with Crippen molar-refractivity contribution in [1.82, 2.24) is 0 Å². The van der Waals surface area contributed by atoms with Gasteiger partial charge in [0.15, 0.2) is 0 Å². The Morgan fingerprint density at radius 3 is 2.44 bits per heavy atom. The van der Waals surface area contributed by atoms with Gasteiger partial charge in [0, 0.05) is 0 Å². The van der Waals surface area contributed by atoms with E-state index in [2.05, 4.69) is 6.58 Å². The van der Waals surface area contributed by atoms with Crippen LogP contribution in [0.15, 0.2) is 83.1 Å². The van der Waals surface area contributed by atoms with E-state index in [1.165, 1.54) is 35.2 Å². The third kappa shape index (κ3) is 3.71. The van der Waals surface area contributed by atoms with Crippen LogP contribution in [0.5, 0.6) is 0 Å². The Hall–Kier alpha value is -3.71. The molecule has 4 rings (SSSR count). The summed E-state index contributed by atoms with van der Waals surface area (Å²) in [4.78, 5) is 27.2. The monoisotopic (exact) mass is 447 g/mol. The average molecular weight is 448 g/mol. The summed E-state index contributed by atoms with van der Waals surface area (Å²) in [5.74, 6) is -1.05. The molecular formula is C25H21NO5S. The van der Waals surface area contributed by atoms with Gasteiger partial charge in [-0.2, -0.15) is 0 Å². The van der Waals surface area contributed by atoms with Crippen LogP contribution in [0.25, 0.3) is 6.08 Å². The van der Waals surface area contributed by atoms with E-state index >= 15 is 0 Å². The van der Waals surface area contributed by atoms with Gasteiger partial charge in [0.25, 0.3) is 5.91 Å². The molecule has 0 N–H and O–H groups in total. The summed E-state index contributed by atoms with van der Waals surface area (Å²) in [6.45, 7) is 5.73. The maximum absolute atomic E-state index is 13.6. The molecule has 0 fully saturated rings. The van der Waals surface area contributed by atoms with E-state index in [0.717, 1.165) is 11.1 Å². The van der Waals surface area contributed by atoms with Crippen molar-refractivity contribution in [2.24, 2.45) is 0 Å². The normalized spacial score (nSPS) is 14.2. The molecule has 0 radical (unpaired) electrons. The molecule has 0 unspecified atom stereocenters. The third-order valence-corrected chi connectivity index (χ3v) is 7.12. The first-order valence-corrected chi connectivity index (χ1v) is 11.5. The van der Waals surface area contributed by atoms with E-state index < -0.39 is 21.7 Å². The molecule has 32 heavy (non-hydrogen) atoms. The first-order valence-electron chi connectivity index (χ1n) is 10.1. The zero-order valence-corrected chi connectivity index (χ0v) is 18.3. The van der Waals surface area contributed by atoms with Crippen LogP contribution in [-0.2, 0) is 21.1 Å². The zero-order valence-electron chi connectivity index (χ0n) is 17.4. The van der Waals surface area contributed by atoms with Crippen LogP contribution in [0, 0.1) is 0 Å². The highest BCUT2D eigenvalue weighted by Gasteiger charge is 2.36. The molecule has 0 aliphatic carbocycles. The van der Waals surface area contributed by atoms with Crippen LogP contribution in [0.4, 0.5) is 5.69 Å². The first kappa shape index (κ1) is 21.5. The van der Waals surface area contributed by atoms with Crippen LogP contribution in [0.1, 0.15) is 38.8 Å². The highest BCUT2D eigenvalue weighted by molar-refractivity contribution is 7.91. The predicted octanol–water partition coefficient (Wildman–Crippen LogP) is 4.50. The summed E-state index contributed by atoms with van der Waals surface area (Å²) < 4.78 is 32.0. The summed E-state index contributed by atoms with van der Waals surface area (Å²) in [7, 11) is -3.99. The number of hydrogen-bond donors (Lipinski definition) is 0. The summed E-state index contributed by atoms with van der Waals surface area (Å²) in [6, 6.07) is 17.8. The minimum Gasteiger partial charge on any atom is -0.462 e. The maximum Gasteiger partial charge on any atom is 0.338 e. The molecule has 0 aromatic heterocycles. The largest absolute Gasteiger partial charge is 0.462 e. The quantitative estimate of drug-likeness (QED) is 0.538. The Labute approximate surface area is 186 Å². The third-order valence-electron chi connectivity index (χ3n) is 5.26. The van der Waals surface area contributed by atoms with Crippen molar-refractivity contribution in [3.63, 3.8) is 0 Å². The van der Waals surface area contributed by atoms with Gasteiger partial charge in [-0.05, 0) is 48.4 Å². The number of rotatable bonds is 5. The van der Waals surface area contributed by atoms with Gasteiger partial charge in [-0.25, -0.2) is 13.2 Å². The minimum absolute atomic E-state index is 0.0356. The second-order valence-electron chi connectivity index (χ2n) is 7.24. The summed E-state index contributed by atoms with van der Waals surface area (Å²) in [5.41, 5.74) is 2.13. The summed E-state index contributed by atoms with van der Waals surface area (Å²) in [5, 5.41) is 0. The van der Waals surface area contributed by atoms with E-state index in [1.54, 1.807) is 25.1 Å². The summed E-state index contributed by atoms with van der Waals surface area (Å²) >= 11 is 0. The molecule has 162 valence electrons. The van der Waals surface area contributed by atoms with Gasteiger partial charge in [0.2, 0.25) is 9.84 Å². The lowest BCUT2D eigenvalue weighted by atomic mass is 10.1. The van der Waals surface area contributed by atoms with E-state index in [9.17, 15) is 18.0 Å². The lowest BCUT2D eigenvalue weighted by molar-refractivity contribution is 0.0526. The van der Waals surface area contributed by atoms with Crippen LogP contribution in [0.2, 0.25) is 0 Å². The highest BCUT2D eigenvalue weighted by atomic mass is 32.2. The van der Waals surface area contributed by atoms with Crippen molar-refractivity contribution in [2.75, 3.05) is 11.5 Å². The molecule has 7 heteroatoms.